The second kappa shape index (κ2) is 15.0. The summed E-state index contributed by atoms with van der Waals surface area (Å²) in [7, 11) is 0. The summed E-state index contributed by atoms with van der Waals surface area (Å²) in [6.45, 7) is 0. The van der Waals surface area contributed by atoms with Gasteiger partial charge in [0, 0.05) is 27.5 Å². The van der Waals surface area contributed by atoms with Gasteiger partial charge in [0.2, 0.25) is 0 Å². The van der Waals surface area contributed by atoms with Crippen LogP contribution in [0, 0.1) is 0 Å². The van der Waals surface area contributed by atoms with Gasteiger partial charge in [-0.05, 0) is 102 Å². The van der Waals surface area contributed by atoms with Gasteiger partial charge in [0.25, 0.3) is 0 Å². The molecule has 0 amide bonds. The molecule has 13 rings (SSSR count). The van der Waals surface area contributed by atoms with Gasteiger partial charge < -0.3 is 4.57 Å². The number of para-hydroxylation sites is 3. The predicted molar refractivity (Wildman–Crippen MR) is 271 cm³/mol. The van der Waals surface area contributed by atoms with Crippen LogP contribution >= 0.6 is 0 Å². The minimum atomic E-state index is 0.602. The summed E-state index contributed by atoms with van der Waals surface area (Å²) in [5.41, 5.74) is 10.6. The quantitative estimate of drug-likeness (QED) is 0.124. The molecule has 0 aliphatic rings. The van der Waals surface area contributed by atoms with E-state index in [2.05, 4.69) is 235 Å². The maximum absolute atomic E-state index is 5.48. The molecule has 4 heteroatoms. The molecular formula is C61H38N4. The van der Waals surface area contributed by atoms with Gasteiger partial charge in [0.1, 0.15) is 0 Å². The van der Waals surface area contributed by atoms with E-state index in [0.717, 1.165) is 55.3 Å². The van der Waals surface area contributed by atoms with Gasteiger partial charge in [0.15, 0.2) is 17.5 Å². The normalized spacial score (nSPS) is 11.7. The molecule has 0 fully saturated rings. The molecule has 2 heterocycles. The van der Waals surface area contributed by atoms with Crippen molar-refractivity contribution in [3.63, 3.8) is 0 Å². The SMILES string of the molecule is c1ccc(-c2ccccc2-c2nc(-c3ccccc3-n3c4ccccc4c4ccccc43)nc(-c3ccc(-c4c5ccccc5cc5c4ccc4ccccc45)c4ccccc34)n2)cc1. The summed E-state index contributed by atoms with van der Waals surface area (Å²) in [6.07, 6.45) is 0. The van der Waals surface area contributed by atoms with Crippen LogP contribution < -0.4 is 0 Å². The minimum Gasteiger partial charge on any atom is -0.309 e. The Hall–Kier alpha value is -8.73. The molecule has 302 valence electrons. The number of benzene rings is 11. The van der Waals surface area contributed by atoms with E-state index in [-0.39, 0.29) is 0 Å². The van der Waals surface area contributed by atoms with Gasteiger partial charge >= 0.3 is 0 Å². The van der Waals surface area contributed by atoms with Gasteiger partial charge in [-0.2, -0.15) is 0 Å². The van der Waals surface area contributed by atoms with Crippen LogP contribution in [0.3, 0.4) is 0 Å². The molecule has 0 aliphatic heterocycles. The second-order valence-corrected chi connectivity index (χ2v) is 16.7. The standard InChI is InChI=1S/C61H38N4/c1-2-18-39(19-3-1)42-22-8-11-29-51(42)59-62-60(64-61(63-59)53-30-14-17-33-57(53)65-55-31-15-12-27-47(55)48-28-13-16-32-56(48)65)52-37-36-49(45-25-9-10-26-46(45)52)58-44-24-7-5-21-41(44)38-54-43-23-6-4-20-40(43)34-35-50(54)58/h1-38H. The summed E-state index contributed by atoms with van der Waals surface area (Å²) < 4.78 is 2.35. The highest BCUT2D eigenvalue weighted by atomic mass is 15.1. The highest BCUT2D eigenvalue weighted by Crippen LogP contribution is 2.44. The molecule has 0 aliphatic carbocycles. The highest BCUT2D eigenvalue weighted by molar-refractivity contribution is 6.23. The third kappa shape index (κ3) is 5.96. The molecular weight excluding hydrogens is 789 g/mol. The van der Waals surface area contributed by atoms with E-state index in [9.17, 15) is 0 Å². The van der Waals surface area contributed by atoms with E-state index >= 15 is 0 Å². The lowest BCUT2D eigenvalue weighted by Crippen LogP contribution is -2.04. The van der Waals surface area contributed by atoms with Crippen molar-refractivity contribution in [2.24, 2.45) is 0 Å². The van der Waals surface area contributed by atoms with Gasteiger partial charge in [-0.15, -0.1) is 0 Å². The zero-order chi connectivity index (χ0) is 42.8. The Kier molecular flexibility index (Phi) is 8.50. The Morgan fingerprint density at radius 1 is 0.262 bits per heavy atom. The van der Waals surface area contributed by atoms with Crippen LogP contribution in [0.25, 0.3) is 127 Å². The van der Waals surface area contributed by atoms with Crippen molar-refractivity contribution in [2.75, 3.05) is 0 Å². The van der Waals surface area contributed by atoms with E-state index in [1.807, 2.05) is 0 Å². The molecule has 11 aromatic carbocycles. The Morgan fingerprint density at radius 3 is 1.48 bits per heavy atom. The van der Waals surface area contributed by atoms with Gasteiger partial charge in [-0.1, -0.05) is 194 Å². The van der Waals surface area contributed by atoms with Crippen molar-refractivity contribution in [3.05, 3.63) is 231 Å². The highest BCUT2D eigenvalue weighted by Gasteiger charge is 2.22. The molecule has 0 bridgehead atoms. The first-order chi connectivity index (χ1) is 32.3. The second-order valence-electron chi connectivity index (χ2n) is 16.7. The molecule has 0 atom stereocenters. The molecule has 65 heavy (non-hydrogen) atoms. The monoisotopic (exact) mass is 826 g/mol. The minimum absolute atomic E-state index is 0.602. The number of nitrogens with zero attached hydrogens (tertiary/aromatic N) is 4. The lowest BCUT2D eigenvalue weighted by atomic mass is 9.87. The summed E-state index contributed by atoms with van der Waals surface area (Å²) in [5, 5.41) is 12.0. The molecule has 0 saturated carbocycles. The lowest BCUT2D eigenvalue weighted by molar-refractivity contribution is 1.07. The fraction of sp³-hybridized carbons (Fsp3) is 0. The summed E-state index contributed by atoms with van der Waals surface area (Å²) in [6, 6.07) is 82.2. The molecule has 0 unspecified atom stereocenters. The average Bonchev–Trinajstić information content (AvgIpc) is 3.72. The zero-order valence-corrected chi connectivity index (χ0v) is 35.2. The average molecular weight is 827 g/mol. The Bertz CT molecular complexity index is 3960. The molecule has 0 spiro atoms. The third-order valence-electron chi connectivity index (χ3n) is 13.1. The maximum Gasteiger partial charge on any atom is 0.166 e. The lowest BCUT2D eigenvalue weighted by Gasteiger charge is -2.18. The van der Waals surface area contributed by atoms with Gasteiger partial charge in [-0.25, -0.2) is 15.0 Å². The van der Waals surface area contributed by atoms with Crippen LogP contribution in [0.1, 0.15) is 0 Å². The first kappa shape index (κ1) is 36.9. The molecule has 0 N–H and O–H groups in total. The van der Waals surface area contributed by atoms with E-state index in [1.54, 1.807) is 0 Å². The Balaban J connectivity index is 1.08. The third-order valence-corrected chi connectivity index (χ3v) is 13.1. The fourth-order valence-electron chi connectivity index (χ4n) is 10.1. The van der Waals surface area contributed by atoms with E-state index in [1.165, 1.54) is 54.2 Å². The van der Waals surface area contributed by atoms with Crippen LogP contribution in [0.15, 0.2) is 231 Å². The van der Waals surface area contributed by atoms with Crippen LogP contribution in [0.5, 0.6) is 0 Å². The van der Waals surface area contributed by atoms with E-state index < -0.39 is 0 Å². The summed E-state index contributed by atoms with van der Waals surface area (Å²) in [5.74, 6) is 1.83. The summed E-state index contributed by atoms with van der Waals surface area (Å²) >= 11 is 0. The molecule has 13 aromatic rings. The van der Waals surface area contributed by atoms with Gasteiger partial charge in [0.05, 0.1) is 16.7 Å². The zero-order valence-electron chi connectivity index (χ0n) is 35.2. The van der Waals surface area contributed by atoms with Gasteiger partial charge in [-0.3, -0.25) is 0 Å². The van der Waals surface area contributed by atoms with Crippen molar-refractivity contribution in [1.82, 2.24) is 19.5 Å². The molecule has 0 radical (unpaired) electrons. The molecule has 2 aromatic heterocycles. The maximum atomic E-state index is 5.48. The van der Waals surface area contributed by atoms with Crippen molar-refractivity contribution < 1.29 is 0 Å². The smallest absolute Gasteiger partial charge is 0.166 e. The van der Waals surface area contributed by atoms with Crippen LogP contribution in [-0.4, -0.2) is 19.5 Å². The molecule has 0 saturated heterocycles. The van der Waals surface area contributed by atoms with Crippen molar-refractivity contribution in [2.45, 2.75) is 0 Å². The van der Waals surface area contributed by atoms with Crippen LogP contribution in [0.4, 0.5) is 0 Å². The van der Waals surface area contributed by atoms with Crippen LogP contribution in [0.2, 0.25) is 0 Å². The predicted octanol–water partition coefficient (Wildman–Crippen LogP) is 15.9. The number of fused-ring (bicyclic) bond motifs is 8. The summed E-state index contributed by atoms with van der Waals surface area (Å²) in [4.78, 5) is 16.3. The van der Waals surface area contributed by atoms with E-state index in [0.29, 0.717) is 17.5 Å². The van der Waals surface area contributed by atoms with E-state index in [4.69, 9.17) is 15.0 Å². The van der Waals surface area contributed by atoms with Crippen molar-refractivity contribution in [3.8, 4) is 62.1 Å². The number of hydrogen-bond donors (Lipinski definition) is 0. The fourth-order valence-corrected chi connectivity index (χ4v) is 10.1. The Morgan fingerprint density at radius 2 is 0.754 bits per heavy atom. The number of rotatable bonds is 6. The first-order valence-electron chi connectivity index (χ1n) is 22.1. The number of hydrogen-bond acceptors (Lipinski definition) is 3. The largest absolute Gasteiger partial charge is 0.309 e. The number of aromatic nitrogens is 4. The Labute approximate surface area is 375 Å². The van der Waals surface area contributed by atoms with Crippen LogP contribution in [-0.2, 0) is 0 Å². The van der Waals surface area contributed by atoms with Crippen molar-refractivity contribution in [1.29, 1.82) is 0 Å². The van der Waals surface area contributed by atoms with Crippen molar-refractivity contribution >= 4 is 64.9 Å². The first-order valence-corrected chi connectivity index (χ1v) is 22.1. The topological polar surface area (TPSA) is 43.6 Å². The molecule has 4 nitrogen and oxygen atoms in total.